The van der Waals surface area contributed by atoms with Crippen molar-refractivity contribution in [3.63, 3.8) is 0 Å². The molecule has 0 heterocycles. The molecule has 21 heavy (non-hydrogen) atoms. The van der Waals surface area contributed by atoms with E-state index in [0.29, 0.717) is 31.5 Å². The number of aliphatic hydroxyl groups excluding tert-OH is 1. The smallest absolute Gasteiger partial charge is 0.393 e. The number of aliphatic hydroxyl groups is 1. The maximum Gasteiger partial charge on any atom is 0.418 e. The van der Waals surface area contributed by atoms with E-state index in [1.165, 1.54) is 12.1 Å². The van der Waals surface area contributed by atoms with Crippen molar-refractivity contribution in [2.45, 2.75) is 31.7 Å². The first-order chi connectivity index (χ1) is 9.81. The molecule has 0 atom stereocenters. The number of anilines is 1. The number of halogens is 3. The average molecular weight is 302 g/mol. The van der Waals surface area contributed by atoms with Gasteiger partial charge in [0.15, 0.2) is 0 Å². The maximum atomic E-state index is 13.2. The van der Waals surface area contributed by atoms with E-state index in [-0.39, 0.29) is 17.7 Å². The van der Waals surface area contributed by atoms with Crippen LogP contribution in [-0.2, 0) is 12.7 Å². The molecule has 0 bridgehead atoms. The standard InChI is InChI=1S/C15H21F3N2O/c1-19-8-10-3-4-14(13(7-10)15(16,17)18)20(2)9-11-5-12(21)6-11/h3-4,7,11-12,19,21H,5-6,8-9H2,1-2H3. The highest BCUT2D eigenvalue weighted by Crippen LogP contribution is 2.38. The van der Waals surface area contributed by atoms with Gasteiger partial charge in [-0.1, -0.05) is 6.07 Å². The number of nitrogens with zero attached hydrogens (tertiary/aromatic N) is 1. The molecule has 1 aliphatic rings. The van der Waals surface area contributed by atoms with E-state index in [1.54, 1.807) is 25.1 Å². The summed E-state index contributed by atoms with van der Waals surface area (Å²) in [5.41, 5.74) is 0.211. The molecule has 2 rings (SSSR count). The predicted molar refractivity (Wildman–Crippen MR) is 76.2 cm³/mol. The van der Waals surface area contributed by atoms with Gasteiger partial charge in [-0.05, 0) is 43.5 Å². The van der Waals surface area contributed by atoms with Crippen LogP contribution in [0.2, 0.25) is 0 Å². The van der Waals surface area contributed by atoms with E-state index in [4.69, 9.17) is 0 Å². The van der Waals surface area contributed by atoms with Gasteiger partial charge in [0.2, 0.25) is 0 Å². The summed E-state index contributed by atoms with van der Waals surface area (Å²) < 4.78 is 39.7. The van der Waals surface area contributed by atoms with Gasteiger partial charge in [0.1, 0.15) is 0 Å². The second kappa shape index (κ2) is 6.23. The molecule has 0 spiro atoms. The highest BCUT2D eigenvalue weighted by atomic mass is 19.4. The van der Waals surface area contributed by atoms with E-state index in [0.717, 1.165) is 0 Å². The summed E-state index contributed by atoms with van der Waals surface area (Å²) in [5.74, 6) is 0.267. The second-order valence-corrected chi connectivity index (χ2v) is 5.75. The molecule has 0 radical (unpaired) electrons. The lowest BCUT2D eigenvalue weighted by molar-refractivity contribution is -0.137. The van der Waals surface area contributed by atoms with Crippen LogP contribution in [-0.4, -0.2) is 31.9 Å². The van der Waals surface area contributed by atoms with Gasteiger partial charge in [-0.15, -0.1) is 0 Å². The SMILES string of the molecule is CNCc1ccc(N(C)CC2CC(O)C2)c(C(F)(F)F)c1. The maximum absolute atomic E-state index is 13.2. The molecule has 1 aliphatic carbocycles. The average Bonchev–Trinajstić information content (AvgIpc) is 2.36. The molecule has 2 N–H and O–H groups in total. The van der Waals surface area contributed by atoms with Crippen molar-refractivity contribution in [2.75, 3.05) is 25.5 Å². The fourth-order valence-electron chi connectivity index (χ4n) is 2.79. The number of benzene rings is 1. The van der Waals surface area contributed by atoms with Crippen LogP contribution in [0.4, 0.5) is 18.9 Å². The molecule has 0 saturated heterocycles. The summed E-state index contributed by atoms with van der Waals surface area (Å²) in [7, 11) is 3.38. The van der Waals surface area contributed by atoms with Crippen LogP contribution in [0.1, 0.15) is 24.0 Å². The van der Waals surface area contributed by atoms with E-state index in [9.17, 15) is 18.3 Å². The topological polar surface area (TPSA) is 35.5 Å². The van der Waals surface area contributed by atoms with Gasteiger partial charge in [0.25, 0.3) is 0 Å². The second-order valence-electron chi connectivity index (χ2n) is 5.75. The van der Waals surface area contributed by atoms with Gasteiger partial charge in [-0.2, -0.15) is 13.2 Å². The van der Waals surface area contributed by atoms with Gasteiger partial charge in [-0.3, -0.25) is 0 Å². The number of alkyl halides is 3. The van der Waals surface area contributed by atoms with Crippen molar-refractivity contribution in [1.29, 1.82) is 0 Å². The van der Waals surface area contributed by atoms with E-state index in [1.807, 2.05) is 0 Å². The lowest BCUT2D eigenvalue weighted by atomic mass is 9.82. The summed E-state index contributed by atoms with van der Waals surface area (Å²) in [6.45, 7) is 0.938. The summed E-state index contributed by atoms with van der Waals surface area (Å²) in [4.78, 5) is 1.64. The molecule has 118 valence electrons. The molecule has 0 aliphatic heterocycles. The normalized spacial score (nSPS) is 22.0. The Hall–Kier alpha value is -1.27. The van der Waals surface area contributed by atoms with E-state index < -0.39 is 11.7 Å². The molecule has 6 heteroatoms. The first-order valence-electron chi connectivity index (χ1n) is 7.05. The fourth-order valence-corrected chi connectivity index (χ4v) is 2.79. The van der Waals surface area contributed by atoms with Crippen molar-refractivity contribution in [3.05, 3.63) is 29.3 Å². The van der Waals surface area contributed by atoms with Crippen LogP contribution < -0.4 is 10.2 Å². The third-order valence-corrected chi connectivity index (χ3v) is 3.90. The number of rotatable bonds is 5. The van der Waals surface area contributed by atoms with Crippen LogP contribution in [0.5, 0.6) is 0 Å². The van der Waals surface area contributed by atoms with Crippen LogP contribution in [0.15, 0.2) is 18.2 Å². The van der Waals surface area contributed by atoms with E-state index >= 15 is 0 Å². The number of hydrogen-bond donors (Lipinski definition) is 2. The molecule has 0 aromatic heterocycles. The Bertz CT molecular complexity index is 484. The third-order valence-electron chi connectivity index (χ3n) is 3.90. The Morgan fingerprint density at radius 1 is 1.33 bits per heavy atom. The van der Waals surface area contributed by atoms with Crippen LogP contribution in [0.25, 0.3) is 0 Å². The Balaban J connectivity index is 2.20. The van der Waals surface area contributed by atoms with Crippen molar-refractivity contribution >= 4 is 5.69 Å². The summed E-state index contributed by atoms with van der Waals surface area (Å²) >= 11 is 0. The van der Waals surface area contributed by atoms with Gasteiger partial charge < -0.3 is 15.3 Å². The van der Waals surface area contributed by atoms with Crippen LogP contribution in [0.3, 0.4) is 0 Å². The monoisotopic (exact) mass is 302 g/mol. The van der Waals surface area contributed by atoms with Gasteiger partial charge in [0, 0.05) is 25.8 Å². The molecular formula is C15H21F3N2O. The van der Waals surface area contributed by atoms with Crippen molar-refractivity contribution < 1.29 is 18.3 Å². The molecular weight excluding hydrogens is 281 g/mol. The summed E-state index contributed by atoms with van der Waals surface area (Å²) in [6, 6.07) is 4.45. The van der Waals surface area contributed by atoms with Crippen LogP contribution >= 0.6 is 0 Å². The minimum atomic E-state index is -4.37. The predicted octanol–water partition coefficient (Wildman–Crippen LogP) is 2.63. The summed E-state index contributed by atoms with van der Waals surface area (Å²) in [5, 5.41) is 12.1. The first-order valence-corrected chi connectivity index (χ1v) is 7.05. The fraction of sp³-hybridized carbons (Fsp3) is 0.600. The molecule has 1 aromatic rings. The van der Waals surface area contributed by atoms with Crippen LogP contribution in [0, 0.1) is 5.92 Å². The van der Waals surface area contributed by atoms with E-state index in [2.05, 4.69) is 5.32 Å². The summed E-state index contributed by atoms with van der Waals surface area (Å²) in [6.07, 6.45) is -3.32. The molecule has 0 unspecified atom stereocenters. The number of hydrogen-bond acceptors (Lipinski definition) is 3. The highest BCUT2D eigenvalue weighted by molar-refractivity contribution is 5.56. The first kappa shape index (κ1) is 16.1. The zero-order valence-electron chi connectivity index (χ0n) is 12.2. The molecule has 1 aromatic carbocycles. The molecule has 1 fully saturated rings. The largest absolute Gasteiger partial charge is 0.418 e. The molecule has 3 nitrogen and oxygen atoms in total. The van der Waals surface area contributed by atoms with Crippen molar-refractivity contribution in [1.82, 2.24) is 5.32 Å². The Morgan fingerprint density at radius 3 is 2.52 bits per heavy atom. The Labute approximate surface area is 122 Å². The quantitative estimate of drug-likeness (QED) is 0.878. The third kappa shape index (κ3) is 3.89. The van der Waals surface area contributed by atoms with Gasteiger partial charge in [-0.25, -0.2) is 0 Å². The van der Waals surface area contributed by atoms with Crippen molar-refractivity contribution in [3.8, 4) is 0 Å². The molecule has 1 saturated carbocycles. The highest BCUT2D eigenvalue weighted by Gasteiger charge is 2.36. The van der Waals surface area contributed by atoms with Gasteiger partial charge in [0.05, 0.1) is 11.7 Å². The minimum absolute atomic E-state index is 0.198. The molecule has 0 amide bonds. The Kier molecular flexibility index (Phi) is 4.78. The lowest BCUT2D eigenvalue weighted by Crippen LogP contribution is -2.37. The minimum Gasteiger partial charge on any atom is -0.393 e. The van der Waals surface area contributed by atoms with Crippen molar-refractivity contribution in [2.24, 2.45) is 5.92 Å². The lowest BCUT2D eigenvalue weighted by Gasteiger charge is -2.36. The zero-order chi connectivity index (χ0) is 15.6. The van der Waals surface area contributed by atoms with Gasteiger partial charge >= 0.3 is 6.18 Å². The Morgan fingerprint density at radius 2 is 2.00 bits per heavy atom. The number of nitrogens with one attached hydrogen (secondary N) is 1. The zero-order valence-corrected chi connectivity index (χ0v) is 12.2.